The lowest BCUT2D eigenvalue weighted by Gasteiger charge is -2.37. The number of methoxy groups -OCH3 is 3. The van der Waals surface area contributed by atoms with Gasteiger partial charge in [0.15, 0.2) is 11.5 Å². The molecule has 2 heterocycles. The van der Waals surface area contributed by atoms with Gasteiger partial charge in [0.05, 0.1) is 57.1 Å². The van der Waals surface area contributed by atoms with Crippen molar-refractivity contribution in [2.24, 2.45) is 4.99 Å². The highest BCUT2D eigenvalue weighted by Gasteiger charge is 2.38. The van der Waals surface area contributed by atoms with Gasteiger partial charge in [0.25, 0.3) is 10.1 Å². The summed E-state index contributed by atoms with van der Waals surface area (Å²) in [6.07, 6.45) is 1.95. The maximum Gasteiger partial charge on any atom is 0.264 e. The van der Waals surface area contributed by atoms with Gasteiger partial charge in [-0.3, -0.25) is 9.55 Å². The van der Waals surface area contributed by atoms with Crippen molar-refractivity contribution in [3.8, 4) is 23.3 Å². The fourth-order valence-electron chi connectivity index (χ4n) is 4.46. The highest BCUT2D eigenvalue weighted by Crippen LogP contribution is 2.45. The quantitative estimate of drug-likeness (QED) is 0.525. The third-order valence-electron chi connectivity index (χ3n) is 6.23. The van der Waals surface area contributed by atoms with Gasteiger partial charge >= 0.3 is 0 Å². The zero-order valence-electron chi connectivity index (χ0n) is 21.2. The van der Waals surface area contributed by atoms with Crippen molar-refractivity contribution < 1.29 is 37.0 Å². The number of fused-ring (bicyclic) bond motifs is 3. The van der Waals surface area contributed by atoms with Crippen molar-refractivity contribution in [2.75, 3.05) is 33.7 Å². The van der Waals surface area contributed by atoms with Gasteiger partial charge in [0.1, 0.15) is 0 Å². The number of aliphatic hydroxyl groups is 1. The summed E-state index contributed by atoms with van der Waals surface area (Å²) in [6.45, 7) is 3.87. The number of aliphatic hydroxyl groups excluding tert-OH is 1. The molecular weight excluding hydrogens is 488 g/mol. The van der Waals surface area contributed by atoms with Crippen LogP contribution >= 0.6 is 0 Å². The summed E-state index contributed by atoms with van der Waals surface area (Å²) in [5.41, 5.74) is 3.69. The van der Waals surface area contributed by atoms with E-state index in [1.807, 2.05) is 31.2 Å². The predicted octanol–water partition coefficient (Wildman–Crippen LogP) is 3.25. The van der Waals surface area contributed by atoms with E-state index in [-0.39, 0.29) is 23.8 Å². The predicted molar refractivity (Wildman–Crippen MR) is 136 cm³/mol. The van der Waals surface area contributed by atoms with Crippen LogP contribution in [0.5, 0.6) is 23.3 Å². The first kappa shape index (κ1) is 27.7. The molecule has 0 amide bonds. The normalized spacial score (nSPS) is 20.6. The number of aliphatic imine (C=N–C) groups is 1. The number of rotatable bonds is 7. The molecule has 0 unspecified atom stereocenters. The van der Waals surface area contributed by atoms with Crippen molar-refractivity contribution in [3.05, 3.63) is 41.0 Å². The molecule has 1 fully saturated rings. The van der Waals surface area contributed by atoms with Crippen LogP contribution in [0.15, 0.2) is 29.3 Å². The molecule has 0 saturated heterocycles. The van der Waals surface area contributed by atoms with Gasteiger partial charge in [-0.2, -0.15) is 13.4 Å². The molecule has 36 heavy (non-hydrogen) atoms. The molecule has 1 saturated carbocycles. The van der Waals surface area contributed by atoms with E-state index in [1.54, 1.807) is 21.3 Å². The van der Waals surface area contributed by atoms with Gasteiger partial charge in [0, 0.05) is 17.5 Å². The van der Waals surface area contributed by atoms with Crippen molar-refractivity contribution in [2.45, 2.75) is 51.2 Å². The second-order valence-electron chi connectivity index (χ2n) is 8.42. The Bertz CT molecular complexity index is 1200. The average Bonchev–Trinajstić information content (AvgIpc) is 2.87. The summed E-state index contributed by atoms with van der Waals surface area (Å²) in [4.78, 5) is 9.56. The van der Waals surface area contributed by atoms with Crippen LogP contribution in [-0.2, 0) is 10.1 Å². The number of pyridine rings is 1. The standard InChI is InChI=1S/C23H28N2O5.C2H6O3S/c1-5-30-20-11-15-16-10-13(26)6-8-18(16)24-22(17(15)12-19(20)27-2)14-7-9-21(28-3)25-23(14)29-4;1-2-6(3,4)5/h7,9,11-13,16,18,26H,5-6,8,10H2,1-4H3;2H2,1H3,(H,3,4,5)/t13-,16-,18-;/m1./s1. The van der Waals surface area contributed by atoms with Crippen LogP contribution < -0.4 is 18.9 Å². The third kappa shape index (κ3) is 6.26. The van der Waals surface area contributed by atoms with E-state index in [9.17, 15) is 13.5 Å². The van der Waals surface area contributed by atoms with Crippen LogP contribution in [-0.4, -0.2) is 74.6 Å². The number of benzene rings is 1. The molecule has 1 aliphatic heterocycles. The summed E-state index contributed by atoms with van der Waals surface area (Å²) >= 11 is 0. The van der Waals surface area contributed by atoms with Gasteiger partial charge in [0.2, 0.25) is 11.8 Å². The summed E-state index contributed by atoms with van der Waals surface area (Å²) in [5, 5.41) is 10.3. The Morgan fingerprint density at radius 1 is 1.00 bits per heavy atom. The van der Waals surface area contributed by atoms with E-state index in [2.05, 4.69) is 4.98 Å². The number of hydrogen-bond donors (Lipinski definition) is 2. The lowest BCUT2D eigenvalue weighted by Crippen LogP contribution is -2.34. The van der Waals surface area contributed by atoms with E-state index in [1.165, 1.54) is 6.92 Å². The third-order valence-corrected chi connectivity index (χ3v) is 6.96. The monoisotopic (exact) mass is 522 g/mol. The van der Waals surface area contributed by atoms with Gasteiger partial charge in [-0.05, 0) is 56.9 Å². The lowest BCUT2D eigenvalue weighted by molar-refractivity contribution is 0.111. The first-order valence-corrected chi connectivity index (χ1v) is 13.4. The molecule has 1 aromatic carbocycles. The van der Waals surface area contributed by atoms with Crippen LogP contribution in [0.4, 0.5) is 0 Å². The largest absolute Gasteiger partial charge is 0.493 e. The van der Waals surface area contributed by atoms with E-state index in [4.69, 9.17) is 28.5 Å². The second kappa shape index (κ2) is 11.9. The Kier molecular flexibility index (Phi) is 9.15. The van der Waals surface area contributed by atoms with Crippen LogP contribution in [0.2, 0.25) is 0 Å². The highest BCUT2D eigenvalue weighted by atomic mass is 32.2. The molecule has 11 heteroatoms. The number of nitrogens with zero attached hydrogens (tertiary/aromatic N) is 2. The molecule has 2 aliphatic rings. The first-order chi connectivity index (χ1) is 17.1. The van der Waals surface area contributed by atoms with Crippen molar-refractivity contribution in [1.29, 1.82) is 0 Å². The van der Waals surface area contributed by atoms with Crippen LogP contribution in [0.1, 0.15) is 55.7 Å². The maximum absolute atomic E-state index is 10.3. The van der Waals surface area contributed by atoms with Crippen molar-refractivity contribution in [3.63, 3.8) is 0 Å². The fraction of sp³-hybridized carbons (Fsp3) is 0.520. The minimum absolute atomic E-state index is 0.0885. The number of hydrogen-bond acceptors (Lipinski definition) is 9. The van der Waals surface area contributed by atoms with E-state index in [0.29, 0.717) is 36.3 Å². The molecule has 198 valence electrons. The first-order valence-electron chi connectivity index (χ1n) is 11.8. The van der Waals surface area contributed by atoms with Gasteiger partial charge in [-0.25, -0.2) is 0 Å². The Morgan fingerprint density at radius 2 is 1.72 bits per heavy atom. The topological polar surface area (TPSA) is 137 Å². The lowest BCUT2D eigenvalue weighted by atomic mass is 9.74. The van der Waals surface area contributed by atoms with Gasteiger partial charge in [-0.1, -0.05) is 0 Å². The fourth-order valence-corrected chi connectivity index (χ4v) is 4.46. The van der Waals surface area contributed by atoms with Crippen molar-refractivity contribution >= 4 is 15.8 Å². The average molecular weight is 523 g/mol. The van der Waals surface area contributed by atoms with E-state index < -0.39 is 10.1 Å². The van der Waals surface area contributed by atoms with Crippen LogP contribution in [0, 0.1) is 0 Å². The molecule has 3 atom stereocenters. The molecular formula is C25H34N2O8S. The second-order valence-corrected chi connectivity index (χ2v) is 10.2. The summed E-state index contributed by atoms with van der Waals surface area (Å²) in [5.74, 6) is 2.23. The Labute approximate surface area is 212 Å². The number of ether oxygens (including phenoxy) is 4. The molecule has 2 aromatic rings. The van der Waals surface area contributed by atoms with Crippen molar-refractivity contribution in [1.82, 2.24) is 4.98 Å². The smallest absolute Gasteiger partial charge is 0.264 e. The zero-order chi connectivity index (χ0) is 26.5. The maximum atomic E-state index is 10.3. The highest BCUT2D eigenvalue weighted by molar-refractivity contribution is 7.85. The molecule has 4 rings (SSSR count). The Balaban J connectivity index is 0.000000538. The Morgan fingerprint density at radius 3 is 2.31 bits per heavy atom. The summed E-state index contributed by atoms with van der Waals surface area (Å²) in [6, 6.07) is 7.84. The number of aromatic nitrogens is 1. The van der Waals surface area contributed by atoms with Gasteiger partial charge < -0.3 is 24.1 Å². The molecule has 2 N–H and O–H groups in total. The SMILES string of the molecule is CCOc1cc2c(cc1OC)C(c1ccc(OC)nc1OC)=N[C@@H]1CC[C@@H](O)C[C@H]21.CCS(=O)(=O)O. The molecule has 1 aliphatic carbocycles. The van der Waals surface area contributed by atoms with E-state index in [0.717, 1.165) is 35.2 Å². The molecule has 1 aromatic heterocycles. The molecule has 10 nitrogen and oxygen atoms in total. The minimum atomic E-state index is -3.66. The summed E-state index contributed by atoms with van der Waals surface area (Å²) in [7, 11) is 1.14. The van der Waals surface area contributed by atoms with Crippen LogP contribution in [0.25, 0.3) is 0 Å². The van der Waals surface area contributed by atoms with Crippen LogP contribution in [0.3, 0.4) is 0 Å². The Hall–Kier alpha value is -2.89. The van der Waals surface area contributed by atoms with Gasteiger partial charge in [-0.15, -0.1) is 0 Å². The van der Waals surface area contributed by atoms with E-state index >= 15 is 0 Å². The zero-order valence-corrected chi connectivity index (χ0v) is 22.0. The molecule has 0 radical (unpaired) electrons. The molecule has 0 spiro atoms. The summed E-state index contributed by atoms with van der Waals surface area (Å²) < 4.78 is 49.2. The molecule has 0 bridgehead atoms. The minimum Gasteiger partial charge on any atom is -0.493 e.